The number of aromatic nitrogens is 2. The lowest BCUT2D eigenvalue weighted by Gasteiger charge is -2.09. The maximum atomic E-state index is 5.95. The summed E-state index contributed by atoms with van der Waals surface area (Å²) in [5.41, 5.74) is 1.10. The first kappa shape index (κ1) is 14.1. The van der Waals surface area contributed by atoms with E-state index in [4.69, 9.17) is 11.6 Å². The third-order valence-electron chi connectivity index (χ3n) is 2.43. The summed E-state index contributed by atoms with van der Waals surface area (Å²) in [4.78, 5) is 8.55. The second kappa shape index (κ2) is 6.73. The Balaban J connectivity index is 2.08. The van der Waals surface area contributed by atoms with Crippen LogP contribution in [0.3, 0.4) is 0 Å². The molecule has 0 aliphatic rings. The van der Waals surface area contributed by atoms with E-state index in [-0.39, 0.29) is 0 Å². The first-order valence-electron chi connectivity index (χ1n) is 5.93. The van der Waals surface area contributed by atoms with Crippen LogP contribution in [0.2, 0.25) is 5.02 Å². The van der Waals surface area contributed by atoms with E-state index in [2.05, 4.69) is 36.5 Å². The van der Waals surface area contributed by atoms with Crippen molar-refractivity contribution < 1.29 is 0 Å². The second-order valence-electron chi connectivity index (χ2n) is 3.90. The van der Waals surface area contributed by atoms with E-state index in [1.54, 1.807) is 6.20 Å². The van der Waals surface area contributed by atoms with E-state index in [0.29, 0.717) is 12.5 Å². The van der Waals surface area contributed by atoms with Gasteiger partial charge in [0, 0.05) is 24.3 Å². The fourth-order valence-electron chi connectivity index (χ4n) is 1.57. The number of nitrogens with one attached hydrogen (secondary N) is 2. The van der Waals surface area contributed by atoms with Crippen LogP contribution in [0.1, 0.15) is 12.5 Å². The van der Waals surface area contributed by atoms with Gasteiger partial charge in [0.25, 0.3) is 0 Å². The normalized spacial score (nSPS) is 10.3. The van der Waals surface area contributed by atoms with Crippen LogP contribution < -0.4 is 10.6 Å². The molecule has 0 aliphatic carbocycles. The third-order valence-corrected chi connectivity index (χ3v) is 3.24. The van der Waals surface area contributed by atoms with Gasteiger partial charge >= 0.3 is 0 Å². The molecule has 0 bridgehead atoms. The van der Waals surface area contributed by atoms with Gasteiger partial charge in [-0.25, -0.2) is 4.98 Å². The average molecular weight is 342 g/mol. The fraction of sp³-hybridized carbons (Fsp3) is 0.231. The van der Waals surface area contributed by atoms with Crippen molar-refractivity contribution in [3.63, 3.8) is 0 Å². The number of nitrogens with zero attached hydrogens (tertiary/aromatic N) is 2. The second-order valence-corrected chi connectivity index (χ2v) is 5.19. The summed E-state index contributed by atoms with van der Waals surface area (Å²) in [5.74, 6) is 1.37. The fourth-order valence-corrected chi connectivity index (χ4v) is 2.11. The number of benzene rings is 1. The molecule has 2 rings (SSSR count). The Bertz CT molecular complexity index is 562. The molecule has 6 heteroatoms. The van der Waals surface area contributed by atoms with E-state index in [0.717, 1.165) is 27.4 Å². The number of anilines is 2. The largest absolute Gasteiger partial charge is 0.365 e. The lowest BCUT2D eigenvalue weighted by atomic mass is 10.2. The minimum Gasteiger partial charge on any atom is -0.365 e. The van der Waals surface area contributed by atoms with Crippen LogP contribution in [0, 0.1) is 0 Å². The monoisotopic (exact) mass is 340 g/mol. The summed E-state index contributed by atoms with van der Waals surface area (Å²) in [6, 6.07) is 7.72. The van der Waals surface area contributed by atoms with Gasteiger partial charge in [-0.1, -0.05) is 23.7 Å². The summed E-state index contributed by atoms with van der Waals surface area (Å²) < 4.78 is 0.830. The number of halogens is 2. The van der Waals surface area contributed by atoms with Crippen LogP contribution in [0.4, 0.5) is 11.8 Å². The SMILES string of the molecule is CCNc1ncc(Br)c(NCc2cccc(Cl)c2)n1. The molecule has 0 saturated heterocycles. The highest BCUT2D eigenvalue weighted by Gasteiger charge is 2.04. The number of rotatable bonds is 5. The van der Waals surface area contributed by atoms with Gasteiger partial charge in [-0.3, -0.25) is 0 Å². The predicted molar refractivity (Wildman–Crippen MR) is 82.7 cm³/mol. The maximum Gasteiger partial charge on any atom is 0.224 e. The van der Waals surface area contributed by atoms with Crippen LogP contribution in [0.5, 0.6) is 0 Å². The van der Waals surface area contributed by atoms with E-state index >= 15 is 0 Å². The Hall–Kier alpha value is -1.33. The van der Waals surface area contributed by atoms with Gasteiger partial charge in [-0.05, 0) is 40.5 Å². The van der Waals surface area contributed by atoms with E-state index < -0.39 is 0 Å². The van der Waals surface area contributed by atoms with E-state index in [1.165, 1.54) is 0 Å². The van der Waals surface area contributed by atoms with Crippen LogP contribution in [0.15, 0.2) is 34.9 Å². The van der Waals surface area contributed by atoms with Gasteiger partial charge in [-0.2, -0.15) is 4.98 Å². The van der Waals surface area contributed by atoms with Crippen molar-refractivity contribution in [2.75, 3.05) is 17.2 Å². The Morgan fingerprint density at radius 2 is 2.16 bits per heavy atom. The summed E-state index contributed by atoms with van der Waals surface area (Å²) in [5, 5.41) is 7.07. The molecule has 0 saturated carbocycles. The zero-order valence-corrected chi connectivity index (χ0v) is 12.8. The van der Waals surface area contributed by atoms with Crippen LogP contribution in [-0.2, 0) is 6.54 Å². The predicted octanol–water partition coefficient (Wildman–Crippen LogP) is 3.94. The van der Waals surface area contributed by atoms with Crippen LogP contribution in [-0.4, -0.2) is 16.5 Å². The van der Waals surface area contributed by atoms with Gasteiger partial charge in [0.15, 0.2) is 0 Å². The first-order chi connectivity index (χ1) is 9.19. The molecular formula is C13H14BrClN4. The van der Waals surface area contributed by atoms with Gasteiger partial charge in [-0.15, -0.1) is 0 Å². The zero-order valence-electron chi connectivity index (χ0n) is 10.5. The first-order valence-corrected chi connectivity index (χ1v) is 7.11. The van der Waals surface area contributed by atoms with Crippen molar-refractivity contribution in [3.8, 4) is 0 Å². The average Bonchev–Trinajstić information content (AvgIpc) is 2.40. The molecule has 0 atom stereocenters. The summed E-state index contributed by atoms with van der Waals surface area (Å²) in [6.45, 7) is 3.45. The number of hydrogen-bond acceptors (Lipinski definition) is 4. The maximum absolute atomic E-state index is 5.95. The van der Waals surface area contributed by atoms with Crippen molar-refractivity contribution in [1.29, 1.82) is 0 Å². The highest BCUT2D eigenvalue weighted by atomic mass is 79.9. The molecule has 0 fully saturated rings. The van der Waals surface area contributed by atoms with Crippen LogP contribution >= 0.6 is 27.5 Å². The lowest BCUT2D eigenvalue weighted by Crippen LogP contribution is -2.07. The van der Waals surface area contributed by atoms with Gasteiger partial charge in [0.2, 0.25) is 5.95 Å². The third kappa shape index (κ3) is 4.08. The molecule has 1 aromatic heterocycles. The molecule has 100 valence electrons. The van der Waals surface area contributed by atoms with Crippen molar-refractivity contribution >= 4 is 39.3 Å². The molecule has 1 aromatic carbocycles. The molecule has 0 spiro atoms. The Morgan fingerprint density at radius 3 is 2.89 bits per heavy atom. The highest BCUT2D eigenvalue weighted by molar-refractivity contribution is 9.10. The van der Waals surface area contributed by atoms with E-state index in [1.807, 2.05) is 31.2 Å². The summed E-state index contributed by atoms with van der Waals surface area (Å²) >= 11 is 9.38. The molecule has 1 heterocycles. The minimum absolute atomic E-state index is 0.610. The summed E-state index contributed by atoms with van der Waals surface area (Å²) in [7, 11) is 0. The molecule has 0 unspecified atom stereocenters. The van der Waals surface area contributed by atoms with Gasteiger partial charge in [0.1, 0.15) is 5.82 Å². The van der Waals surface area contributed by atoms with Crippen molar-refractivity contribution in [2.45, 2.75) is 13.5 Å². The highest BCUT2D eigenvalue weighted by Crippen LogP contribution is 2.21. The van der Waals surface area contributed by atoms with Gasteiger partial charge < -0.3 is 10.6 Å². The quantitative estimate of drug-likeness (QED) is 0.865. The Morgan fingerprint density at radius 1 is 1.32 bits per heavy atom. The summed E-state index contributed by atoms with van der Waals surface area (Å²) in [6.07, 6.45) is 1.73. The molecule has 0 aliphatic heterocycles. The standard InChI is InChI=1S/C13H14BrClN4/c1-2-16-13-18-8-11(14)12(19-13)17-7-9-4-3-5-10(15)6-9/h3-6,8H,2,7H2,1H3,(H2,16,17,18,19). The lowest BCUT2D eigenvalue weighted by molar-refractivity contribution is 1.04. The Labute approximate surface area is 125 Å². The Kier molecular flexibility index (Phi) is 4.99. The minimum atomic E-state index is 0.610. The van der Waals surface area contributed by atoms with Crippen molar-refractivity contribution in [3.05, 3.63) is 45.5 Å². The molecule has 0 amide bonds. The molecule has 4 nitrogen and oxygen atoms in total. The zero-order chi connectivity index (χ0) is 13.7. The van der Waals surface area contributed by atoms with E-state index in [9.17, 15) is 0 Å². The number of hydrogen-bond donors (Lipinski definition) is 2. The van der Waals surface area contributed by atoms with Crippen molar-refractivity contribution in [2.24, 2.45) is 0 Å². The molecule has 0 radical (unpaired) electrons. The van der Waals surface area contributed by atoms with Crippen molar-refractivity contribution in [1.82, 2.24) is 9.97 Å². The smallest absolute Gasteiger partial charge is 0.224 e. The van der Waals surface area contributed by atoms with Gasteiger partial charge in [0.05, 0.1) is 4.47 Å². The molecule has 19 heavy (non-hydrogen) atoms. The van der Waals surface area contributed by atoms with Crippen LogP contribution in [0.25, 0.3) is 0 Å². The topological polar surface area (TPSA) is 49.8 Å². The molecular weight excluding hydrogens is 328 g/mol. The molecule has 2 aromatic rings. The molecule has 2 N–H and O–H groups in total.